The van der Waals surface area contributed by atoms with Crippen LogP contribution in [0, 0.1) is 49.4 Å². The van der Waals surface area contributed by atoms with Gasteiger partial charge in [-0.05, 0) is 67.2 Å². The Balaban J connectivity index is 1.25. The number of imide groups is 1. The van der Waals surface area contributed by atoms with Crippen LogP contribution in [-0.4, -0.2) is 29.2 Å². The van der Waals surface area contributed by atoms with Crippen molar-refractivity contribution in [2.75, 3.05) is 11.9 Å². The first-order valence-electron chi connectivity index (χ1n) is 9.97. The maximum atomic E-state index is 12.9. The zero-order valence-electron chi connectivity index (χ0n) is 15.9. The molecule has 1 aromatic rings. The summed E-state index contributed by atoms with van der Waals surface area (Å²) in [5, 5.41) is 2.92. The summed E-state index contributed by atoms with van der Waals surface area (Å²) in [6, 6.07) is 3.89. The molecule has 1 N–H and O–H groups in total. The van der Waals surface area contributed by atoms with Crippen molar-refractivity contribution in [3.63, 3.8) is 0 Å². The van der Waals surface area contributed by atoms with Crippen molar-refractivity contribution in [3.05, 3.63) is 39.9 Å². The molecule has 1 aromatic carbocycles. The lowest BCUT2D eigenvalue weighted by Crippen LogP contribution is -2.40. The highest BCUT2D eigenvalue weighted by Crippen LogP contribution is 2.65. The van der Waals surface area contributed by atoms with Gasteiger partial charge in [0, 0.05) is 23.1 Å². The topological polar surface area (TPSA) is 66.5 Å². The van der Waals surface area contributed by atoms with E-state index in [2.05, 4.69) is 33.4 Å². The molecule has 0 radical (unpaired) electrons. The summed E-state index contributed by atoms with van der Waals surface area (Å²) in [5.74, 6) is 0.957. The van der Waals surface area contributed by atoms with E-state index < -0.39 is 0 Å². The number of carbonyl (C=O) groups is 3. The molecule has 0 aromatic heterocycles. The molecule has 6 atom stereocenters. The Morgan fingerprint density at radius 2 is 1.68 bits per heavy atom. The van der Waals surface area contributed by atoms with E-state index in [1.807, 2.05) is 26.0 Å². The van der Waals surface area contributed by atoms with Crippen LogP contribution in [0.2, 0.25) is 0 Å². The number of carbonyl (C=O) groups excluding carboxylic acids is 3. The van der Waals surface area contributed by atoms with E-state index in [0.29, 0.717) is 11.8 Å². The summed E-state index contributed by atoms with van der Waals surface area (Å²) in [6.07, 6.45) is 5.62. The highest BCUT2D eigenvalue weighted by Gasteiger charge is 2.66. The monoisotopic (exact) mass is 442 g/mol. The summed E-state index contributed by atoms with van der Waals surface area (Å²) in [5.41, 5.74) is 2.77. The van der Waals surface area contributed by atoms with E-state index in [-0.39, 0.29) is 54.4 Å². The number of nitrogens with zero attached hydrogens (tertiary/aromatic N) is 1. The first kappa shape index (κ1) is 18.1. The van der Waals surface area contributed by atoms with Gasteiger partial charge in [-0.15, -0.1) is 0 Å². The second-order valence-corrected chi connectivity index (χ2v) is 9.55. The van der Waals surface area contributed by atoms with E-state index in [1.54, 1.807) is 0 Å². The number of hydrogen-bond donors (Lipinski definition) is 1. The first-order chi connectivity index (χ1) is 13.4. The van der Waals surface area contributed by atoms with Gasteiger partial charge in [0.2, 0.25) is 17.7 Å². The van der Waals surface area contributed by atoms with Crippen molar-refractivity contribution in [1.29, 1.82) is 0 Å². The zero-order valence-corrected chi connectivity index (χ0v) is 17.5. The van der Waals surface area contributed by atoms with Crippen LogP contribution in [0.15, 0.2) is 28.8 Å². The lowest BCUT2D eigenvalue weighted by atomic mass is 9.63. The predicted octanol–water partition coefficient (Wildman–Crippen LogP) is 3.45. The van der Waals surface area contributed by atoms with Crippen LogP contribution in [0.5, 0.6) is 0 Å². The van der Waals surface area contributed by atoms with Crippen LogP contribution in [-0.2, 0) is 14.4 Å². The molecule has 3 fully saturated rings. The minimum Gasteiger partial charge on any atom is -0.326 e. The summed E-state index contributed by atoms with van der Waals surface area (Å²) in [7, 11) is 0. The summed E-state index contributed by atoms with van der Waals surface area (Å²) < 4.78 is 1.00. The van der Waals surface area contributed by atoms with Gasteiger partial charge in [-0.25, -0.2) is 0 Å². The smallest absolute Gasteiger partial charge is 0.233 e. The predicted molar refractivity (Wildman–Crippen MR) is 108 cm³/mol. The highest BCUT2D eigenvalue weighted by molar-refractivity contribution is 9.10. The van der Waals surface area contributed by atoms with Gasteiger partial charge >= 0.3 is 0 Å². The quantitative estimate of drug-likeness (QED) is 0.573. The Morgan fingerprint density at radius 1 is 1.07 bits per heavy atom. The Kier molecular flexibility index (Phi) is 4.06. The maximum Gasteiger partial charge on any atom is 0.233 e. The number of likely N-dealkylation sites (tertiary alicyclic amines) is 1. The minimum absolute atomic E-state index is 0.0665. The molecule has 2 bridgehead atoms. The molecule has 0 spiro atoms. The minimum atomic E-state index is -0.189. The van der Waals surface area contributed by atoms with E-state index in [4.69, 9.17) is 0 Å². The zero-order chi connectivity index (χ0) is 19.7. The number of allylic oxidation sites excluding steroid dienone is 2. The Bertz CT molecular complexity index is 904. The van der Waals surface area contributed by atoms with Crippen molar-refractivity contribution in [1.82, 2.24) is 4.90 Å². The summed E-state index contributed by atoms with van der Waals surface area (Å²) in [6.45, 7) is 4.07. The highest BCUT2D eigenvalue weighted by atomic mass is 79.9. The van der Waals surface area contributed by atoms with Crippen LogP contribution in [0.4, 0.5) is 5.69 Å². The molecule has 1 aliphatic heterocycles. The normalized spacial score (nSPS) is 34.5. The molecule has 6 rings (SSSR count). The van der Waals surface area contributed by atoms with Crippen LogP contribution in [0.3, 0.4) is 0 Å². The third kappa shape index (κ3) is 2.60. The van der Waals surface area contributed by atoms with Gasteiger partial charge in [0.25, 0.3) is 0 Å². The van der Waals surface area contributed by atoms with Crippen molar-refractivity contribution < 1.29 is 14.4 Å². The molecular formula is C22H23BrN2O3. The molecule has 1 saturated heterocycles. The summed E-state index contributed by atoms with van der Waals surface area (Å²) in [4.78, 5) is 39.7. The molecule has 2 saturated carbocycles. The average Bonchev–Trinajstić information content (AvgIpc) is 3.43. The molecule has 5 aliphatic rings. The third-order valence-electron chi connectivity index (χ3n) is 7.10. The van der Waals surface area contributed by atoms with Gasteiger partial charge in [0.15, 0.2) is 0 Å². The lowest BCUT2D eigenvalue weighted by Gasteiger charge is -2.37. The third-order valence-corrected chi connectivity index (χ3v) is 7.95. The molecule has 6 heteroatoms. The standard InChI is InChI=1S/C22H23BrN2O3/c1-10-8-17(11(2)7-16(10)23)24-18(26)5-6-25-21(27)19-12-3-4-13(15-9-14(12)15)20(19)22(25)28/h3-4,7-8,12-15,19-20H,5-6,9H2,1-2H3,(H,24,26)/t12-,13-,14-,15+,19+,20+/m0/s1. The van der Waals surface area contributed by atoms with Crippen molar-refractivity contribution in [2.45, 2.75) is 26.7 Å². The van der Waals surface area contributed by atoms with E-state index in [0.717, 1.165) is 27.7 Å². The molecular weight excluding hydrogens is 420 g/mol. The second-order valence-electron chi connectivity index (χ2n) is 8.70. The van der Waals surface area contributed by atoms with Crippen LogP contribution >= 0.6 is 15.9 Å². The molecule has 0 unspecified atom stereocenters. The van der Waals surface area contributed by atoms with Gasteiger partial charge in [-0.3, -0.25) is 19.3 Å². The Hall–Kier alpha value is -1.95. The average molecular weight is 443 g/mol. The SMILES string of the molecule is Cc1cc(NC(=O)CCN2C(=O)[C@@H]3[C@H]4C=C[C@@H]([C@@H]5C[C@H]45)[C@H]3C2=O)c(C)cc1Br. The number of anilines is 1. The van der Waals surface area contributed by atoms with Crippen LogP contribution < -0.4 is 5.32 Å². The second kappa shape index (κ2) is 6.28. The van der Waals surface area contributed by atoms with Crippen LogP contribution in [0.1, 0.15) is 24.0 Å². The van der Waals surface area contributed by atoms with Crippen molar-refractivity contribution in [3.8, 4) is 0 Å². The molecule has 1 heterocycles. The number of hydrogen-bond acceptors (Lipinski definition) is 3. The van der Waals surface area contributed by atoms with E-state index in [9.17, 15) is 14.4 Å². The Labute approximate surface area is 172 Å². The number of nitrogens with one attached hydrogen (secondary N) is 1. The molecule has 146 valence electrons. The fraction of sp³-hybridized carbons (Fsp3) is 0.500. The first-order valence-corrected chi connectivity index (χ1v) is 10.8. The lowest BCUT2D eigenvalue weighted by molar-refractivity contribution is -0.140. The van der Waals surface area contributed by atoms with E-state index in [1.165, 1.54) is 4.90 Å². The number of aryl methyl sites for hydroxylation is 2. The van der Waals surface area contributed by atoms with Crippen molar-refractivity contribution >= 4 is 39.3 Å². The van der Waals surface area contributed by atoms with Gasteiger partial charge in [0.1, 0.15) is 0 Å². The van der Waals surface area contributed by atoms with Gasteiger partial charge < -0.3 is 5.32 Å². The Morgan fingerprint density at radius 3 is 2.29 bits per heavy atom. The number of halogens is 1. The van der Waals surface area contributed by atoms with Gasteiger partial charge in [-0.1, -0.05) is 28.1 Å². The number of amides is 3. The number of benzene rings is 1. The van der Waals surface area contributed by atoms with E-state index >= 15 is 0 Å². The number of rotatable bonds is 4. The van der Waals surface area contributed by atoms with Gasteiger partial charge in [-0.2, -0.15) is 0 Å². The maximum absolute atomic E-state index is 12.9. The summed E-state index contributed by atoms with van der Waals surface area (Å²) >= 11 is 3.49. The molecule has 3 amide bonds. The van der Waals surface area contributed by atoms with Crippen molar-refractivity contribution in [2.24, 2.45) is 35.5 Å². The molecule has 4 aliphatic carbocycles. The van der Waals surface area contributed by atoms with Crippen LogP contribution in [0.25, 0.3) is 0 Å². The molecule has 28 heavy (non-hydrogen) atoms. The molecule has 5 nitrogen and oxygen atoms in total. The fourth-order valence-corrected chi connectivity index (χ4v) is 6.04. The largest absolute Gasteiger partial charge is 0.326 e. The van der Waals surface area contributed by atoms with Gasteiger partial charge in [0.05, 0.1) is 11.8 Å². The fourth-order valence-electron chi connectivity index (χ4n) is 5.58.